The van der Waals surface area contributed by atoms with Crippen molar-refractivity contribution in [3.8, 4) is 5.75 Å². The lowest BCUT2D eigenvalue weighted by Crippen LogP contribution is -2.36. The SMILES string of the molecule is CCOC(=O)C[C@@]1(c2cc(Br)cc(Br)c2O)CC1NC(=O)CN. The highest BCUT2D eigenvalue weighted by atomic mass is 79.9. The van der Waals surface area contributed by atoms with Gasteiger partial charge in [-0.05, 0) is 41.4 Å². The van der Waals surface area contributed by atoms with E-state index in [0.29, 0.717) is 16.5 Å². The molecule has 23 heavy (non-hydrogen) atoms. The highest BCUT2D eigenvalue weighted by Crippen LogP contribution is 2.55. The Hall–Kier alpha value is -1.12. The summed E-state index contributed by atoms with van der Waals surface area (Å²) < 4.78 is 6.31. The van der Waals surface area contributed by atoms with E-state index in [4.69, 9.17) is 10.5 Å². The molecule has 1 aromatic carbocycles. The molecule has 0 spiro atoms. The molecule has 1 aromatic rings. The van der Waals surface area contributed by atoms with Crippen molar-refractivity contribution < 1.29 is 19.4 Å². The number of benzene rings is 1. The van der Waals surface area contributed by atoms with E-state index in [2.05, 4.69) is 37.2 Å². The van der Waals surface area contributed by atoms with Gasteiger partial charge in [-0.2, -0.15) is 0 Å². The van der Waals surface area contributed by atoms with Crippen LogP contribution in [0.2, 0.25) is 0 Å². The summed E-state index contributed by atoms with van der Waals surface area (Å²) >= 11 is 6.68. The molecule has 1 fully saturated rings. The number of phenolic OH excluding ortho intramolecular Hbond substituents is 1. The normalized spacial score (nSPS) is 22.5. The van der Waals surface area contributed by atoms with Gasteiger partial charge < -0.3 is 20.9 Å². The summed E-state index contributed by atoms with van der Waals surface area (Å²) in [5, 5.41) is 13.2. The Morgan fingerprint density at radius 3 is 2.78 bits per heavy atom. The van der Waals surface area contributed by atoms with Crippen LogP contribution in [0.4, 0.5) is 0 Å². The smallest absolute Gasteiger partial charge is 0.306 e. The average Bonchev–Trinajstić information content (AvgIpc) is 3.15. The molecule has 6 nitrogen and oxygen atoms in total. The molecule has 1 unspecified atom stereocenters. The van der Waals surface area contributed by atoms with Crippen molar-refractivity contribution in [2.45, 2.75) is 31.2 Å². The number of nitrogens with two attached hydrogens (primary N) is 1. The van der Waals surface area contributed by atoms with Crippen LogP contribution in [0.25, 0.3) is 0 Å². The van der Waals surface area contributed by atoms with Crippen molar-refractivity contribution in [3.63, 3.8) is 0 Å². The van der Waals surface area contributed by atoms with Crippen molar-refractivity contribution in [2.24, 2.45) is 5.73 Å². The van der Waals surface area contributed by atoms with E-state index in [0.717, 1.165) is 4.47 Å². The number of carbonyl (C=O) groups excluding carboxylic acids is 2. The number of hydrogen-bond acceptors (Lipinski definition) is 5. The van der Waals surface area contributed by atoms with Gasteiger partial charge in [0.2, 0.25) is 5.91 Å². The van der Waals surface area contributed by atoms with Gasteiger partial charge in [-0.1, -0.05) is 15.9 Å². The average molecular weight is 450 g/mol. The summed E-state index contributed by atoms with van der Waals surface area (Å²) in [5.74, 6) is -0.608. The van der Waals surface area contributed by atoms with Gasteiger partial charge in [0.1, 0.15) is 5.75 Å². The van der Waals surface area contributed by atoms with Crippen molar-refractivity contribution in [2.75, 3.05) is 13.2 Å². The summed E-state index contributed by atoms with van der Waals surface area (Å²) in [7, 11) is 0. The standard InChI is InChI=1S/C15H18Br2N2O4/c1-2-23-13(21)6-15(5-11(15)19-12(20)7-18)9-3-8(16)4-10(17)14(9)22/h3-4,11,22H,2,5-7,18H2,1H3,(H,19,20)/t11?,15-/m1/s1. The van der Waals surface area contributed by atoms with Crippen LogP contribution in [-0.2, 0) is 19.7 Å². The van der Waals surface area contributed by atoms with Crippen LogP contribution in [-0.4, -0.2) is 36.2 Å². The summed E-state index contributed by atoms with van der Waals surface area (Å²) in [6, 6.07) is 3.20. The van der Waals surface area contributed by atoms with Crippen molar-refractivity contribution >= 4 is 43.7 Å². The summed E-state index contributed by atoms with van der Waals surface area (Å²) in [5.41, 5.74) is 5.24. The van der Waals surface area contributed by atoms with E-state index in [-0.39, 0.29) is 43.2 Å². The van der Waals surface area contributed by atoms with Gasteiger partial charge in [-0.15, -0.1) is 0 Å². The fourth-order valence-corrected chi connectivity index (χ4v) is 3.98. The third-order valence-corrected chi connectivity index (χ3v) is 4.99. The first-order chi connectivity index (χ1) is 10.8. The first kappa shape index (κ1) is 18.2. The Kier molecular flexibility index (Phi) is 5.70. The van der Waals surface area contributed by atoms with Gasteiger partial charge in [-0.3, -0.25) is 9.59 Å². The van der Waals surface area contributed by atoms with Crippen LogP contribution in [0.1, 0.15) is 25.3 Å². The molecule has 2 atom stereocenters. The van der Waals surface area contributed by atoms with Gasteiger partial charge in [0.05, 0.1) is 24.0 Å². The van der Waals surface area contributed by atoms with Crippen LogP contribution >= 0.6 is 31.9 Å². The summed E-state index contributed by atoms with van der Waals surface area (Å²) in [6.07, 6.45) is 0.612. The summed E-state index contributed by atoms with van der Waals surface area (Å²) in [6.45, 7) is 1.89. The molecule has 0 bridgehead atoms. The van der Waals surface area contributed by atoms with Gasteiger partial charge in [0.25, 0.3) is 0 Å². The Morgan fingerprint density at radius 1 is 1.48 bits per heavy atom. The zero-order chi connectivity index (χ0) is 17.2. The predicted molar refractivity (Wildman–Crippen MR) is 92.0 cm³/mol. The molecule has 1 aliphatic carbocycles. The van der Waals surface area contributed by atoms with Crippen LogP contribution in [0.3, 0.4) is 0 Å². The lowest BCUT2D eigenvalue weighted by molar-refractivity contribution is -0.144. The fraction of sp³-hybridized carbons (Fsp3) is 0.467. The van der Waals surface area contributed by atoms with E-state index < -0.39 is 5.41 Å². The Morgan fingerprint density at radius 2 is 2.17 bits per heavy atom. The van der Waals surface area contributed by atoms with E-state index >= 15 is 0 Å². The zero-order valence-corrected chi connectivity index (χ0v) is 15.7. The number of rotatable bonds is 6. The number of halogens is 2. The molecule has 0 saturated heterocycles. The molecule has 1 aliphatic rings. The third kappa shape index (κ3) is 3.87. The first-order valence-corrected chi connectivity index (χ1v) is 8.76. The van der Waals surface area contributed by atoms with Gasteiger partial charge in [0.15, 0.2) is 0 Å². The van der Waals surface area contributed by atoms with Crippen LogP contribution in [0.15, 0.2) is 21.1 Å². The molecule has 126 valence electrons. The van der Waals surface area contributed by atoms with Crippen molar-refractivity contribution in [1.82, 2.24) is 5.32 Å². The largest absolute Gasteiger partial charge is 0.506 e. The van der Waals surface area contributed by atoms with Gasteiger partial charge in [0, 0.05) is 21.5 Å². The van der Waals surface area contributed by atoms with Crippen LogP contribution in [0, 0.1) is 0 Å². The number of aromatic hydroxyl groups is 1. The lowest BCUT2D eigenvalue weighted by atomic mass is 9.90. The van der Waals surface area contributed by atoms with Crippen LogP contribution < -0.4 is 11.1 Å². The second-order valence-corrected chi connectivity index (χ2v) is 7.22. The molecule has 0 radical (unpaired) electrons. The minimum atomic E-state index is -0.687. The molecular formula is C15H18Br2N2O4. The second kappa shape index (κ2) is 7.19. The third-order valence-electron chi connectivity index (χ3n) is 3.93. The highest BCUT2D eigenvalue weighted by Gasteiger charge is 2.58. The maximum absolute atomic E-state index is 12.0. The molecule has 0 heterocycles. The monoisotopic (exact) mass is 448 g/mol. The van der Waals surface area contributed by atoms with Crippen molar-refractivity contribution in [3.05, 3.63) is 26.6 Å². The van der Waals surface area contributed by atoms with Gasteiger partial charge >= 0.3 is 5.97 Å². The molecular weight excluding hydrogens is 432 g/mol. The minimum absolute atomic E-state index is 0.0574. The number of nitrogens with one attached hydrogen (secondary N) is 1. The van der Waals surface area contributed by atoms with E-state index in [1.807, 2.05) is 0 Å². The molecule has 4 N–H and O–H groups in total. The van der Waals surface area contributed by atoms with Gasteiger partial charge in [-0.25, -0.2) is 0 Å². The second-order valence-electron chi connectivity index (χ2n) is 5.45. The Bertz CT molecular complexity index is 638. The minimum Gasteiger partial charge on any atom is -0.506 e. The highest BCUT2D eigenvalue weighted by molar-refractivity contribution is 9.11. The molecule has 8 heteroatoms. The van der Waals surface area contributed by atoms with E-state index in [9.17, 15) is 14.7 Å². The number of esters is 1. The van der Waals surface area contributed by atoms with E-state index in [1.54, 1.807) is 19.1 Å². The number of amides is 1. The maximum Gasteiger partial charge on any atom is 0.306 e. The number of hydrogen-bond donors (Lipinski definition) is 3. The molecule has 1 amide bonds. The van der Waals surface area contributed by atoms with Crippen molar-refractivity contribution in [1.29, 1.82) is 0 Å². The maximum atomic E-state index is 12.0. The summed E-state index contributed by atoms with van der Waals surface area (Å²) in [4.78, 5) is 23.6. The Labute approximate surface area is 151 Å². The van der Waals surface area contributed by atoms with E-state index in [1.165, 1.54) is 0 Å². The fourth-order valence-electron chi connectivity index (χ4n) is 2.75. The number of carbonyl (C=O) groups is 2. The zero-order valence-electron chi connectivity index (χ0n) is 12.6. The Balaban J connectivity index is 2.36. The first-order valence-electron chi connectivity index (χ1n) is 7.17. The molecule has 2 rings (SSSR count). The lowest BCUT2D eigenvalue weighted by Gasteiger charge is -2.20. The molecule has 1 saturated carbocycles. The van der Waals surface area contributed by atoms with Crippen LogP contribution in [0.5, 0.6) is 5.75 Å². The quantitative estimate of drug-likeness (QED) is 0.576. The predicted octanol–water partition coefficient (Wildman–Crippen LogP) is 1.96. The molecule has 0 aliphatic heterocycles. The topological polar surface area (TPSA) is 102 Å². The molecule has 0 aromatic heterocycles. The number of phenols is 1. The number of ether oxygens (including phenoxy) is 1.